The Morgan fingerprint density at radius 3 is 2.58 bits per heavy atom. The van der Waals surface area contributed by atoms with Gasteiger partial charge in [-0.15, -0.1) is 0 Å². The number of amides is 3. The minimum absolute atomic E-state index is 0.220. The second-order valence-electron chi connectivity index (χ2n) is 5.26. The number of methoxy groups -OCH3 is 1. The number of halogens is 1. The van der Waals surface area contributed by atoms with Crippen LogP contribution in [-0.2, 0) is 11.3 Å². The molecule has 122 valence electrons. The highest BCUT2D eigenvalue weighted by atomic mass is 35.5. The Bertz CT molecular complexity index is 818. The van der Waals surface area contributed by atoms with E-state index in [0.717, 1.165) is 5.56 Å². The van der Waals surface area contributed by atoms with E-state index in [4.69, 9.17) is 16.3 Å². The maximum atomic E-state index is 12.4. The van der Waals surface area contributed by atoms with Crippen LogP contribution in [0.25, 0.3) is 6.08 Å². The van der Waals surface area contributed by atoms with Gasteiger partial charge in [-0.25, -0.2) is 4.79 Å². The second-order valence-corrected chi connectivity index (χ2v) is 5.67. The largest absolute Gasteiger partial charge is 0.495 e. The molecule has 5 nitrogen and oxygen atoms in total. The van der Waals surface area contributed by atoms with Gasteiger partial charge in [-0.1, -0.05) is 48.0 Å². The molecule has 2 aromatic rings. The van der Waals surface area contributed by atoms with Crippen molar-refractivity contribution in [3.8, 4) is 5.75 Å². The van der Waals surface area contributed by atoms with Gasteiger partial charge in [-0.2, -0.15) is 0 Å². The molecule has 0 aromatic heterocycles. The first kappa shape index (κ1) is 16.1. The maximum Gasteiger partial charge on any atom is 0.329 e. The van der Waals surface area contributed by atoms with E-state index >= 15 is 0 Å². The molecule has 0 saturated carbocycles. The van der Waals surface area contributed by atoms with Crippen molar-refractivity contribution in [1.29, 1.82) is 0 Å². The molecule has 0 aliphatic carbocycles. The number of urea groups is 1. The Labute approximate surface area is 144 Å². The lowest BCUT2D eigenvalue weighted by Crippen LogP contribution is -2.30. The van der Waals surface area contributed by atoms with Crippen molar-refractivity contribution in [2.45, 2.75) is 6.54 Å². The minimum Gasteiger partial charge on any atom is -0.495 e. The number of hydrogen-bond donors (Lipinski definition) is 1. The van der Waals surface area contributed by atoms with Crippen molar-refractivity contribution in [2.24, 2.45) is 0 Å². The average Bonchev–Trinajstić information content (AvgIpc) is 2.84. The number of carbonyl (C=O) groups excluding carboxylic acids is 2. The fraction of sp³-hybridized carbons (Fsp3) is 0.111. The van der Waals surface area contributed by atoms with Crippen molar-refractivity contribution in [2.75, 3.05) is 7.11 Å². The molecule has 0 radical (unpaired) electrons. The zero-order chi connectivity index (χ0) is 17.1. The molecule has 0 unspecified atom stereocenters. The van der Waals surface area contributed by atoms with E-state index in [0.29, 0.717) is 16.3 Å². The van der Waals surface area contributed by atoms with Gasteiger partial charge in [0.2, 0.25) is 0 Å². The van der Waals surface area contributed by atoms with Gasteiger partial charge in [-0.05, 0) is 29.3 Å². The van der Waals surface area contributed by atoms with E-state index in [1.165, 1.54) is 12.0 Å². The number of rotatable bonds is 4. The molecule has 3 amide bonds. The number of ether oxygens (including phenoxy) is 1. The molecule has 1 aliphatic heterocycles. The number of imide groups is 1. The van der Waals surface area contributed by atoms with Gasteiger partial charge in [0.25, 0.3) is 5.91 Å². The zero-order valence-corrected chi connectivity index (χ0v) is 13.7. The van der Waals surface area contributed by atoms with E-state index in [-0.39, 0.29) is 18.1 Å². The van der Waals surface area contributed by atoms with Gasteiger partial charge in [0.15, 0.2) is 0 Å². The highest BCUT2D eigenvalue weighted by Crippen LogP contribution is 2.26. The summed E-state index contributed by atoms with van der Waals surface area (Å²) in [5, 5.41) is 3.03. The summed E-state index contributed by atoms with van der Waals surface area (Å²) in [5.74, 6) is 0.182. The summed E-state index contributed by atoms with van der Waals surface area (Å²) in [7, 11) is 1.53. The maximum absolute atomic E-state index is 12.4. The lowest BCUT2D eigenvalue weighted by molar-refractivity contribution is -0.123. The smallest absolute Gasteiger partial charge is 0.329 e. The molecule has 1 aliphatic rings. The summed E-state index contributed by atoms with van der Waals surface area (Å²) >= 11 is 6.08. The average molecular weight is 343 g/mol. The lowest BCUT2D eigenvalue weighted by atomic mass is 10.1. The van der Waals surface area contributed by atoms with Crippen LogP contribution in [-0.4, -0.2) is 23.9 Å². The number of benzene rings is 2. The van der Waals surface area contributed by atoms with Crippen LogP contribution in [0.3, 0.4) is 0 Å². The first-order valence-corrected chi connectivity index (χ1v) is 7.68. The zero-order valence-electron chi connectivity index (χ0n) is 13.0. The van der Waals surface area contributed by atoms with Crippen LogP contribution in [0.15, 0.2) is 54.2 Å². The molecule has 2 aromatic carbocycles. The SMILES string of the molecule is COc1ccc(/C=C2/NC(=O)N(Cc3ccccc3)C2=O)cc1Cl. The Balaban J connectivity index is 1.82. The predicted octanol–water partition coefficient (Wildman–Crippen LogP) is 3.44. The van der Waals surface area contributed by atoms with Crippen LogP contribution < -0.4 is 10.1 Å². The summed E-state index contributed by atoms with van der Waals surface area (Å²) in [6.07, 6.45) is 1.59. The predicted molar refractivity (Wildman–Crippen MR) is 91.5 cm³/mol. The number of nitrogens with zero attached hydrogens (tertiary/aromatic N) is 1. The number of hydrogen-bond acceptors (Lipinski definition) is 3. The molecule has 0 atom stereocenters. The Kier molecular flexibility index (Phi) is 4.53. The molecular weight excluding hydrogens is 328 g/mol. The van der Waals surface area contributed by atoms with E-state index < -0.39 is 6.03 Å². The van der Waals surface area contributed by atoms with Crippen molar-refractivity contribution >= 4 is 29.6 Å². The topological polar surface area (TPSA) is 58.6 Å². The van der Waals surface area contributed by atoms with Gasteiger partial charge >= 0.3 is 6.03 Å². The quantitative estimate of drug-likeness (QED) is 0.684. The molecule has 1 N–H and O–H groups in total. The van der Waals surface area contributed by atoms with Gasteiger partial charge < -0.3 is 10.1 Å². The normalized spacial score (nSPS) is 15.8. The van der Waals surface area contributed by atoms with E-state index in [1.807, 2.05) is 30.3 Å². The molecule has 1 heterocycles. The first-order valence-electron chi connectivity index (χ1n) is 7.30. The molecular formula is C18H15ClN2O3. The van der Waals surface area contributed by atoms with Crippen LogP contribution in [0.5, 0.6) is 5.75 Å². The van der Waals surface area contributed by atoms with Crippen LogP contribution in [0, 0.1) is 0 Å². The van der Waals surface area contributed by atoms with Crippen LogP contribution >= 0.6 is 11.6 Å². The fourth-order valence-electron chi connectivity index (χ4n) is 2.42. The second kappa shape index (κ2) is 6.76. The van der Waals surface area contributed by atoms with Crippen LogP contribution in [0.4, 0.5) is 4.79 Å². The first-order chi connectivity index (χ1) is 11.6. The van der Waals surface area contributed by atoms with Gasteiger partial charge in [0.1, 0.15) is 11.4 Å². The standard InChI is InChI=1S/C18H15ClN2O3/c1-24-16-8-7-13(9-14(16)19)10-15-17(22)21(18(23)20-15)11-12-5-3-2-4-6-12/h2-10H,11H2,1H3,(H,20,23)/b15-10+. The summed E-state index contributed by atoms with van der Waals surface area (Å²) in [6, 6.07) is 14.1. The van der Waals surface area contributed by atoms with Crippen molar-refractivity contribution in [3.05, 3.63) is 70.4 Å². The highest BCUT2D eigenvalue weighted by molar-refractivity contribution is 6.32. The molecule has 24 heavy (non-hydrogen) atoms. The number of carbonyl (C=O) groups is 2. The molecule has 3 rings (SSSR count). The fourth-order valence-corrected chi connectivity index (χ4v) is 2.69. The summed E-state index contributed by atoms with van der Waals surface area (Å²) < 4.78 is 5.09. The molecule has 1 saturated heterocycles. The third-order valence-corrected chi connectivity index (χ3v) is 3.93. The van der Waals surface area contributed by atoms with Crippen LogP contribution in [0.2, 0.25) is 5.02 Å². The Morgan fingerprint density at radius 1 is 1.17 bits per heavy atom. The van der Waals surface area contributed by atoms with E-state index in [2.05, 4.69) is 5.32 Å². The van der Waals surface area contributed by atoms with Gasteiger partial charge in [0.05, 0.1) is 18.7 Å². The molecule has 0 spiro atoms. The van der Waals surface area contributed by atoms with Crippen molar-refractivity contribution in [1.82, 2.24) is 10.2 Å². The van der Waals surface area contributed by atoms with Gasteiger partial charge in [0, 0.05) is 0 Å². The third-order valence-electron chi connectivity index (χ3n) is 3.63. The summed E-state index contributed by atoms with van der Waals surface area (Å²) in [6.45, 7) is 0.228. The van der Waals surface area contributed by atoms with E-state index in [9.17, 15) is 9.59 Å². The number of nitrogens with one attached hydrogen (secondary N) is 1. The monoisotopic (exact) mass is 342 g/mol. The molecule has 1 fully saturated rings. The van der Waals surface area contributed by atoms with Crippen molar-refractivity contribution < 1.29 is 14.3 Å². The Morgan fingerprint density at radius 2 is 1.92 bits per heavy atom. The lowest BCUT2D eigenvalue weighted by Gasteiger charge is -2.11. The molecule has 6 heteroatoms. The summed E-state index contributed by atoms with van der Waals surface area (Å²) in [5.41, 5.74) is 1.80. The highest BCUT2D eigenvalue weighted by Gasteiger charge is 2.33. The molecule has 0 bridgehead atoms. The van der Waals surface area contributed by atoms with Gasteiger partial charge in [-0.3, -0.25) is 9.69 Å². The Hall–Kier alpha value is -2.79. The van der Waals surface area contributed by atoms with Crippen LogP contribution in [0.1, 0.15) is 11.1 Å². The third kappa shape index (κ3) is 3.26. The van der Waals surface area contributed by atoms with E-state index in [1.54, 1.807) is 24.3 Å². The summed E-state index contributed by atoms with van der Waals surface area (Å²) in [4.78, 5) is 25.7. The van der Waals surface area contributed by atoms with Crippen molar-refractivity contribution in [3.63, 3.8) is 0 Å². The minimum atomic E-state index is -0.435.